The second kappa shape index (κ2) is 7.77. The molecule has 0 spiro atoms. The second-order valence-corrected chi connectivity index (χ2v) is 6.92. The molecule has 1 aliphatic heterocycles. The third kappa shape index (κ3) is 4.33. The van der Waals surface area contributed by atoms with E-state index in [0.29, 0.717) is 6.04 Å². The molecule has 1 amide bonds. The van der Waals surface area contributed by atoms with Gasteiger partial charge >= 0.3 is 0 Å². The van der Waals surface area contributed by atoms with Crippen LogP contribution in [-0.2, 0) is 0 Å². The van der Waals surface area contributed by atoms with Crippen LogP contribution < -0.4 is 5.32 Å². The molecule has 1 aliphatic carbocycles. The van der Waals surface area contributed by atoms with E-state index in [2.05, 4.69) is 10.2 Å². The van der Waals surface area contributed by atoms with E-state index in [9.17, 15) is 4.79 Å². The van der Waals surface area contributed by atoms with Gasteiger partial charge in [-0.15, -0.1) is 0 Å². The molecule has 3 nitrogen and oxygen atoms in total. The largest absolute Gasteiger partial charge is 0.348 e. The van der Waals surface area contributed by atoms with E-state index in [-0.39, 0.29) is 5.91 Å². The molecule has 2 fully saturated rings. The van der Waals surface area contributed by atoms with Crippen molar-refractivity contribution in [2.45, 2.75) is 51.0 Å². The minimum atomic E-state index is 0.0712. The summed E-state index contributed by atoms with van der Waals surface area (Å²) in [5, 5.41) is 3.21. The maximum Gasteiger partial charge on any atom is 0.251 e. The fourth-order valence-corrected chi connectivity index (χ4v) is 3.62. The fraction of sp³-hybridized carbons (Fsp3) is 0.632. The Labute approximate surface area is 134 Å². The molecule has 120 valence electrons. The molecule has 0 radical (unpaired) electrons. The molecule has 1 aromatic carbocycles. The van der Waals surface area contributed by atoms with Crippen LogP contribution in [0.4, 0.5) is 0 Å². The molecule has 1 saturated carbocycles. The van der Waals surface area contributed by atoms with Crippen LogP contribution in [0.5, 0.6) is 0 Å². The smallest absolute Gasteiger partial charge is 0.251 e. The molecule has 1 unspecified atom stereocenters. The summed E-state index contributed by atoms with van der Waals surface area (Å²) in [4.78, 5) is 14.8. The molecule has 2 aliphatic rings. The Morgan fingerprint density at radius 2 is 1.95 bits per heavy atom. The van der Waals surface area contributed by atoms with E-state index >= 15 is 0 Å². The average molecular weight is 300 g/mol. The normalized spacial score (nSPS) is 23.0. The first-order valence-corrected chi connectivity index (χ1v) is 8.89. The Bertz CT molecular complexity index is 470. The highest BCUT2D eigenvalue weighted by Gasteiger charge is 2.22. The molecular weight excluding hydrogens is 272 g/mol. The van der Waals surface area contributed by atoms with Crippen molar-refractivity contribution >= 4 is 5.91 Å². The summed E-state index contributed by atoms with van der Waals surface area (Å²) in [5.41, 5.74) is 0.768. The Kier molecular flexibility index (Phi) is 5.49. The molecule has 1 N–H and O–H groups in total. The summed E-state index contributed by atoms with van der Waals surface area (Å²) in [6.07, 6.45) is 9.38. The predicted molar refractivity (Wildman–Crippen MR) is 89.9 cm³/mol. The summed E-state index contributed by atoms with van der Waals surface area (Å²) < 4.78 is 0. The SMILES string of the molecule is O=C(NC1CCCN(CCCC2CCC2)C1)c1ccccc1. The van der Waals surface area contributed by atoms with Crippen molar-refractivity contribution in [1.29, 1.82) is 0 Å². The lowest BCUT2D eigenvalue weighted by Gasteiger charge is -2.34. The number of nitrogens with one attached hydrogen (secondary N) is 1. The van der Waals surface area contributed by atoms with Gasteiger partial charge in [-0.2, -0.15) is 0 Å². The van der Waals surface area contributed by atoms with Crippen LogP contribution in [0.15, 0.2) is 30.3 Å². The van der Waals surface area contributed by atoms with Gasteiger partial charge < -0.3 is 10.2 Å². The van der Waals surface area contributed by atoms with Crippen molar-refractivity contribution in [3.63, 3.8) is 0 Å². The highest BCUT2D eigenvalue weighted by molar-refractivity contribution is 5.94. The third-order valence-electron chi connectivity index (χ3n) is 5.19. The van der Waals surface area contributed by atoms with Crippen molar-refractivity contribution in [2.24, 2.45) is 5.92 Å². The number of benzene rings is 1. The van der Waals surface area contributed by atoms with Gasteiger partial charge in [0.15, 0.2) is 0 Å². The Hall–Kier alpha value is -1.35. The molecule has 1 aromatic rings. The number of amides is 1. The van der Waals surface area contributed by atoms with E-state index in [4.69, 9.17) is 0 Å². The van der Waals surface area contributed by atoms with E-state index in [1.54, 1.807) is 0 Å². The first kappa shape index (κ1) is 15.5. The van der Waals surface area contributed by atoms with Gasteiger partial charge in [-0.1, -0.05) is 37.5 Å². The Morgan fingerprint density at radius 1 is 1.14 bits per heavy atom. The highest BCUT2D eigenvalue weighted by Crippen LogP contribution is 2.30. The molecule has 0 bridgehead atoms. The number of hydrogen-bond donors (Lipinski definition) is 1. The van der Waals surface area contributed by atoms with E-state index in [1.807, 2.05) is 30.3 Å². The van der Waals surface area contributed by atoms with Gasteiger partial charge in [-0.3, -0.25) is 4.79 Å². The van der Waals surface area contributed by atoms with Crippen LogP contribution in [0.1, 0.15) is 55.3 Å². The van der Waals surface area contributed by atoms with Crippen LogP contribution in [-0.4, -0.2) is 36.5 Å². The average Bonchev–Trinajstić information content (AvgIpc) is 2.51. The second-order valence-electron chi connectivity index (χ2n) is 6.92. The summed E-state index contributed by atoms with van der Waals surface area (Å²) in [6, 6.07) is 9.86. The lowest BCUT2D eigenvalue weighted by atomic mass is 9.82. The number of carbonyl (C=O) groups is 1. The van der Waals surface area contributed by atoms with E-state index < -0.39 is 0 Å². The number of carbonyl (C=O) groups excluding carboxylic acids is 1. The predicted octanol–water partition coefficient (Wildman–Crippen LogP) is 3.46. The zero-order valence-corrected chi connectivity index (χ0v) is 13.5. The molecule has 1 heterocycles. The molecule has 1 atom stereocenters. The van der Waals surface area contributed by atoms with Crippen LogP contribution in [0.3, 0.4) is 0 Å². The molecule has 0 aromatic heterocycles. The number of piperidine rings is 1. The standard InChI is InChI=1S/C19H28N2O/c22-19(17-10-2-1-3-11-17)20-18-12-6-14-21(15-18)13-5-9-16-7-4-8-16/h1-3,10-11,16,18H,4-9,12-15H2,(H,20,22). The summed E-state index contributed by atoms with van der Waals surface area (Å²) in [6.45, 7) is 3.42. The van der Waals surface area contributed by atoms with Crippen molar-refractivity contribution in [2.75, 3.05) is 19.6 Å². The minimum Gasteiger partial charge on any atom is -0.348 e. The third-order valence-corrected chi connectivity index (χ3v) is 5.19. The number of likely N-dealkylation sites (tertiary alicyclic amines) is 1. The van der Waals surface area contributed by atoms with Crippen molar-refractivity contribution in [3.8, 4) is 0 Å². The molecule has 3 heteroatoms. The van der Waals surface area contributed by atoms with E-state index in [0.717, 1.165) is 24.4 Å². The zero-order valence-electron chi connectivity index (χ0n) is 13.5. The van der Waals surface area contributed by atoms with E-state index in [1.165, 1.54) is 51.6 Å². The van der Waals surface area contributed by atoms with Gasteiger partial charge in [0.05, 0.1) is 0 Å². The van der Waals surface area contributed by atoms with Gasteiger partial charge in [0.25, 0.3) is 5.91 Å². The van der Waals surface area contributed by atoms with Crippen molar-refractivity contribution < 1.29 is 4.79 Å². The Morgan fingerprint density at radius 3 is 2.68 bits per heavy atom. The first-order valence-electron chi connectivity index (χ1n) is 8.89. The number of rotatable bonds is 6. The molecule has 1 saturated heterocycles. The van der Waals surface area contributed by atoms with Crippen molar-refractivity contribution in [3.05, 3.63) is 35.9 Å². The fourth-order valence-electron chi connectivity index (χ4n) is 3.62. The summed E-state index contributed by atoms with van der Waals surface area (Å²) in [7, 11) is 0. The van der Waals surface area contributed by atoms with Crippen LogP contribution in [0.25, 0.3) is 0 Å². The molecular formula is C19H28N2O. The minimum absolute atomic E-state index is 0.0712. The molecule has 22 heavy (non-hydrogen) atoms. The van der Waals surface area contributed by atoms with Gasteiger partial charge in [0, 0.05) is 18.2 Å². The maximum atomic E-state index is 12.2. The quantitative estimate of drug-likeness (QED) is 0.872. The van der Waals surface area contributed by atoms with Crippen LogP contribution >= 0.6 is 0 Å². The van der Waals surface area contributed by atoms with Gasteiger partial charge in [-0.05, 0) is 56.8 Å². The summed E-state index contributed by atoms with van der Waals surface area (Å²) in [5.74, 6) is 1.08. The topological polar surface area (TPSA) is 32.3 Å². The Balaban J connectivity index is 1.41. The molecule has 3 rings (SSSR count). The van der Waals surface area contributed by atoms with Gasteiger partial charge in [0.2, 0.25) is 0 Å². The first-order chi connectivity index (χ1) is 10.8. The number of nitrogens with zero attached hydrogens (tertiary/aromatic N) is 1. The zero-order chi connectivity index (χ0) is 15.2. The number of hydrogen-bond acceptors (Lipinski definition) is 2. The van der Waals surface area contributed by atoms with Crippen LogP contribution in [0, 0.1) is 5.92 Å². The van der Waals surface area contributed by atoms with Crippen LogP contribution in [0.2, 0.25) is 0 Å². The van der Waals surface area contributed by atoms with Crippen molar-refractivity contribution in [1.82, 2.24) is 10.2 Å². The lowest BCUT2D eigenvalue weighted by Crippen LogP contribution is -2.47. The summed E-state index contributed by atoms with van der Waals surface area (Å²) >= 11 is 0. The lowest BCUT2D eigenvalue weighted by molar-refractivity contribution is 0.0901. The maximum absolute atomic E-state index is 12.2. The van der Waals surface area contributed by atoms with Gasteiger partial charge in [-0.25, -0.2) is 0 Å². The van der Waals surface area contributed by atoms with Gasteiger partial charge in [0.1, 0.15) is 0 Å². The highest BCUT2D eigenvalue weighted by atomic mass is 16.1. The monoisotopic (exact) mass is 300 g/mol.